The maximum absolute atomic E-state index is 14.3. The molecule has 16 heteroatoms. The van der Waals surface area contributed by atoms with Gasteiger partial charge in [-0.1, -0.05) is 51.1 Å². The van der Waals surface area contributed by atoms with Crippen molar-refractivity contribution in [3.8, 4) is 0 Å². The van der Waals surface area contributed by atoms with Crippen LogP contribution in [0.5, 0.6) is 0 Å². The van der Waals surface area contributed by atoms with Gasteiger partial charge in [0.25, 0.3) is 11.5 Å². The number of fused-ring (bicyclic) bond motifs is 1. The molecule has 4 fully saturated rings. The second-order valence-electron chi connectivity index (χ2n) is 16.0. The van der Waals surface area contributed by atoms with Crippen LogP contribution in [0.4, 0.5) is 23.7 Å². The summed E-state index contributed by atoms with van der Waals surface area (Å²) in [6.07, 6.45) is -1.16. The molecule has 3 aliphatic carbocycles. The number of benzene rings is 2. The van der Waals surface area contributed by atoms with Gasteiger partial charge in [-0.15, -0.1) is 0 Å². The van der Waals surface area contributed by atoms with Gasteiger partial charge in [-0.2, -0.15) is 13.2 Å². The molecular weight excluding hydrogens is 704 g/mol. The maximum Gasteiger partial charge on any atom is 0.481 e. The lowest BCUT2D eigenvalue weighted by molar-refractivity contribution is -0.185. The maximum atomic E-state index is 14.3. The van der Waals surface area contributed by atoms with Crippen LogP contribution >= 0.6 is 0 Å². The van der Waals surface area contributed by atoms with Crippen LogP contribution in [0.15, 0.2) is 65.6 Å². The minimum absolute atomic E-state index is 0.0570. The molecule has 286 valence electrons. The van der Waals surface area contributed by atoms with E-state index in [4.69, 9.17) is 9.31 Å². The molecule has 54 heavy (non-hydrogen) atoms. The van der Waals surface area contributed by atoms with E-state index in [2.05, 4.69) is 47.0 Å². The van der Waals surface area contributed by atoms with Crippen molar-refractivity contribution >= 4 is 30.7 Å². The van der Waals surface area contributed by atoms with Crippen molar-refractivity contribution < 1.29 is 36.9 Å². The normalized spacial score (nSPS) is 28.3. The van der Waals surface area contributed by atoms with Crippen molar-refractivity contribution in [3.63, 3.8) is 0 Å². The number of urea groups is 1. The molecule has 0 spiro atoms. The van der Waals surface area contributed by atoms with E-state index in [1.54, 1.807) is 37.3 Å². The smallest absolute Gasteiger partial charge is 0.404 e. The molecule has 1 aromatic heterocycles. The lowest BCUT2D eigenvalue weighted by Crippen LogP contribution is -2.63. The van der Waals surface area contributed by atoms with E-state index in [1.165, 1.54) is 22.9 Å². The van der Waals surface area contributed by atoms with Gasteiger partial charge in [0, 0.05) is 18.5 Å². The van der Waals surface area contributed by atoms with Crippen LogP contribution in [-0.4, -0.2) is 52.2 Å². The minimum Gasteiger partial charge on any atom is -0.404 e. The van der Waals surface area contributed by atoms with Crippen molar-refractivity contribution in [2.75, 3.05) is 5.32 Å². The molecule has 2 aliphatic heterocycles. The number of hydrogen-bond donors (Lipinski definition) is 4. The summed E-state index contributed by atoms with van der Waals surface area (Å²) in [5.41, 5.74) is -2.79. The summed E-state index contributed by atoms with van der Waals surface area (Å²) in [4.78, 5) is 58.9. The first-order valence-electron chi connectivity index (χ1n) is 18.3. The average molecular weight is 749 g/mol. The Morgan fingerprint density at radius 3 is 2.48 bits per heavy atom. The fraction of sp³-hybridized carbons (Fsp3) is 0.500. The summed E-state index contributed by atoms with van der Waals surface area (Å²) in [6.45, 7) is 9.95. The molecule has 3 saturated carbocycles. The Morgan fingerprint density at radius 2 is 1.80 bits per heavy atom. The number of carbonyl (C=O) groups is 3. The van der Waals surface area contributed by atoms with E-state index in [1.807, 2.05) is 6.92 Å². The molecule has 4 amide bonds. The zero-order valence-electron chi connectivity index (χ0n) is 30.8. The van der Waals surface area contributed by atoms with Gasteiger partial charge in [0.15, 0.2) is 0 Å². The number of rotatable bonds is 9. The topological polar surface area (TPSA) is 153 Å². The molecule has 8 rings (SSSR count). The summed E-state index contributed by atoms with van der Waals surface area (Å²) in [7, 11) is -0.723. The predicted molar refractivity (Wildman–Crippen MR) is 193 cm³/mol. The molecule has 2 bridgehead atoms. The average Bonchev–Trinajstić information content (AvgIpc) is 3.64. The fourth-order valence-corrected chi connectivity index (χ4v) is 8.83. The number of halogens is 3. The van der Waals surface area contributed by atoms with Crippen LogP contribution in [0.3, 0.4) is 0 Å². The van der Waals surface area contributed by atoms with Gasteiger partial charge in [-0.3, -0.25) is 24.3 Å². The number of alkyl halides is 3. The monoisotopic (exact) mass is 748 g/mol. The molecular formula is C38H44BF3N6O6. The molecule has 4 N–H and O–H groups in total. The lowest BCUT2D eigenvalue weighted by atomic mass is 9.45. The van der Waals surface area contributed by atoms with Crippen molar-refractivity contribution in [3.05, 3.63) is 93.7 Å². The van der Waals surface area contributed by atoms with Gasteiger partial charge in [0.05, 0.1) is 34.9 Å². The zero-order valence-corrected chi connectivity index (χ0v) is 30.8. The van der Waals surface area contributed by atoms with E-state index in [-0.39, 0.29) is 47.1 Å². The fourth-order valence-electron chi connectivity index (χ4n) is 8.83. The van der Waals surface area contributed by atoms with Gasteiger partial charge in [0.1, 0.15) is 17.6 Å². The van der Waals surface area contributed by atoms with Gasteiger partial charge >= 0.3 is 19.3 Å². The molecule has 3 aromatic rings. The summed E-state index contributed by atoms with van der Waals surface area (Å²) in [5, 5.41) is 11.0. The van der Waals surface area contributed by atoms with E-state index in [9.17, 15) is 32.3 Å². The standard InChI is InChI=1S/C38H44BF3N6O6/c1-6-28(39-53-29-25-16-24(35(25,2)3)17-37(29,5)54-39)45-31(50)27-18-36(4,47-34(52)46-30(49)22-12-8-7-9-13-22)33-44-20-26(32(51)48(27)33)43-19-21-11-10-14-23(15-21)38(40,41)42/h7-15,20,24-25,27-29,43H,6,16-19H2,1-5H3,(H,45,50)(H2,46,47,49,52)/t24?,25?,27-,28-,29+,36+,37-/m0/s1. The van der Waals surface area contributed by atoms with Crippen LogP contribution < -0.4 is 26.8 Å². The van der Waals surface area contributed by atoms with Crippen LogP contribution in [0.1, 0.15) is 93.7 Å². The van der Waals surface area contributed by atoms with Gasteiger partial charge in [0.2, 0.25) is 5.91 Å². The van der Waals surface area contributed by atoms with E-state index in [0.29, 0.717) is 18.3 Å². The van der Waals surface area contributed by atoms with Crippen molar-refractivity contribution in [1.29, 1.82) is 0 Å². The third kappa shape index (κ3) is 6.67. The van der Waals surface area contributed by atoms with Gasteiger partial charge in [-0.25, -0.2) is 9.78 Å². The molecule has 7 atom stereocenters. The summed E-state index contributed by atoms with van der Waals surface area (Å²) < 4.78 is 54.4. The Morgan fingerprint density at radius 1 is 1.06 bits per heavy atom. The summed E-state index contributed by atoms with van der Waals surface area (Å²) in [5.74, 6) is -0.842. The van der Waals surface area contributed by atoms with Gasteiger partial charge in [-0.05, 0) is 80.2 Å². The van der Waals surface area contributed by atoms with E-state index < -0.39 is 65.4 Å². The van der Waals surface area contributed by atoms with Crippen LogP contribution in [0.2, 0.25) is 0 Å². The third-order valence-corrected chi connectivity index (χ3v) is 12.0. The highest BCUT2D eigenvalue weighted by atomic mass is 19.4. The van der Waals surface area contributed by atoms with Crippen molar-refractivity contribution in [2.45, 2.75) is 102 Å². The van der Waals surface area contributed by atoms with Crippen LogP contribution in [-0.2, 0) is 32.4 Å². The molecule has 2 unspecified atom stereocenters. The Hall–Kier alpha value is -4.70. The molecule has 2 aromatic carbocycles. The summed E-state index contributed by atoms with van der Waals surface area (Å²) in [6, 6.07) is 10.8. The number of hydrogen-bond acceptors (Lipinski definition) is 8. The summed E-state index contributed by atoms with van der Waals surface area (Å²) >= 11 is 0. The zero-order chi connectivity index (χ0) is 38.8. The first-order valence-corrected chi connectivity index (χ1v) is 18.3. The third-order valence-electron chi connectivity index (χ3n) is 12.0. The molecule has 0 radical (unpaired) electrons. The highest BCUT2D eigenvalue weighted by Gasteiger charge is 2.67. The number of amides is 4. The Balaban J connectivity index is 1.14. The van der Waals surface area contributed by atoms with Crippen molar-refractivity contribution in [2.24, 2.45) is 17.3 Å². The number of imide groups is 1. The molecule has 12 nitrogen and oxygen atoms in total. The van der Waals surface area contributed by atoms with Crippen LogP contribution in [0.25, 0.3) is 0 Å². The number of nitrogens with one attached hydrogen (secondary N) is 4. The quantitative estimate of drug-likeness (QED) is 0.214. The lowest BCUT2D eigenvalue weighted by Gasteiger charge is -2.63. The second-order valence-corrected chi connectivity index (χ2v) is 16.0. The number of carbonyl (C=O) groups excluding carboxylic acids is 3. The molecule has 3 heterocycles. The van der Waals surface area contributed by atoms with Gasteiger partial charge < -0.3 is 25.3 Å². The first kappa shape index (κ1) is 37.6. The number of nitrogens with zero attached hydrogens (tertiary/aromatic N) is 2. The number of anilines is 1. The second kappa shape index (κ2) is 13.6. The van der Waals surface area contributed by atoms with E-state index >= 15 is 0 Å². The molecule has 1 saturated heterocycles. The van der Waals surface area contributed by atoms with E-state index in [0.717, 1.165) is 25.0 Å². The largest absolute Gasteiger partial charge is 0.481 e. The Kier molecular flexibility index (Phi) is 9.44. The number of aromatic nitrogens is 2. The Bertz CT molecular complexity index is 2030. The van der Waals surface area contributed by atoms with Crippen molar-refractivity contribution in [1.82, 2.24) is 25.5 Å². The predicted octanol–water partition coefficient (Wildman–Crippen LogP) is 5.34. The SMILES string of the molecule is CC[C@H](NC(=O)[C@@H]1C[C@@](C)(NC(=O)NC(=O)c2ccccc2)c2ncc(NCc3cccc(C(F)(F)F)c3)c(=O)n21)B1O[C@@H]2C3CC(C[C@]2(C)O1)C3(C)C. The highest BCUT2D eigenvalue weighted by molar-refractivity contribution is 6.47. The van der Waals surface area contributed by atoms with Crippen LogP contribution in [0, 0.1) is 17.3 Å². The first-order chi connectivity index (χ1) is 25.4. The highest BCUT2D eigenvalue weighted by Crippen LogP contribution is 2.64. The Labute approximate surface area is 311 Å². The molecule has 5 aliphatic rings. The minimum atomic E-state index is -4.54.